The molecule has 1 aliphatic carbocycles. The van der Waals surface area contributed by atoms with E-state index in [2.05, 4.69) is 29.2 Å². The first-order valence-electron chi connectivity index (χ1n) is 10.3. The largest absolute Gasteiger partial charge is 0.328 e. The molecule has 10 heteroatoms. The Morgan fingerprint density at radius 3 is 2.67 bits per heavy atom. The van der Waals surface area contributed by atoms with E-state index in [-0.39, 0.29) is 16.9 Å². The van der Waals surface area contributed by atoms with Crippen LogP contribution < -0.4 is 5.32 Å². The van der Waals surface area contributed by atoms with Gasteiger partial charge in [-0.05, 0) is 29.5 Å². The molecule has 0 amide bonds. The fourth-order valence-corrected chi connectivity index (χ4v) is 4.79. The van der Waals surface area contributed by atoms with E-state index in [1.54, 1.807) is 28.9 Å². The molecule has 33 heavy (non-hydrogen) atoms. The van der Waals surface area contributed by atoms with E-state index >= 15 is 0 Å². The van der Waals surface area contributed by atoms with E-state index in [1.807, 2.05) is 6.07 Å². The zero-order valence-corrected chi connectivity index (χ0v) is 19.3. The number of ketones is 1. The van der Waals surface area contributed by atoms with E-state index < -0.39 is 11.0 Å². The number of carbonyl (C=O) groups excluding carboxylic acids is 1. The SMILES string of the molecule is CC1(C)CC(=O)C2=C(C1)Nc1nc(-c3cccc([N+](=O)[O-])c3)nn1C2c1ccc(Cl)c(Cl)c1. The Balaban J connectivity index is 1.68. The molecular weight excluding hydrogens is 465 g/mol. The summed E-state index contributed by atoms with van der Waals surface area (Å²) < 4.78 is 1.64. The first kappa shape index (κ1) is 21.6. The Bertz CT molecular complexity index is 1360. The lowest BCUT2D eigenvalue weighted by Crippen LogP contribution is -2.36. The molecule has 2 aliphatic rings. The summed E-state index contributed by atoms with van der Waals surface area (Å²) in [5.41, 5.74) is 2.43. The molecule has 5 rings (SSSR count). The molecule has 168 valence electrons. The van der Waals surface area contributed by atoms with Gasteiger partial charge in [0, 0.05) is 35.4 Å². The van der Waals surface area contributed by atoms with Crippen molar-refractivity contribution in [2.75, 3.05) is 5.32 Å². The van der Waals surface area contributed by atoms with Gasteiger partial charge in [-0.2, -0.15) is 4.98 Å². The number of hydrogen-bond acceptors (Lipinski definition) is 6. The number of Topliss-reactive ketones (excluding diaryl/α,β-unsaturated/α-hetero) is 1. The summed E-state index contributed by atoms with van der Waals surface area (Å²) in [4.78, 5) is 28.7. The van der Waals surface area contributed by atoms with Crippen LogP contribution in [-0.4, -0.2) is 25.5 Å². The van der Waals surface area contributed by atoms with E-state index in [4.69, 9.17) is 23.2 Å². The Labute approximate surface area is 199 Å². The molecule has 0 saturated carbocycles. The number of aromatic nitrogens is 3. The molecule has 1 aromatic heterocycles. The third kappa shape index (κ3) is 3.79. The van der Waals surface area contributed by atoms with Crippen molar-refractivity contribution in [1.29, 1.82) is 0 Å². The van der Waals surface area contributed by atoms with Gasteiger partial charge in [0.1, 0.15) is 6.04 Å². The molecule has 0 bridgehead atoms. The second-order valence-corrected chi connectivity index (χ2v) is 9.86. The number of non-ortho nitro benzene ring substituents is 1. The number of nitro benzene ring substituents is 1. The molecule has 0 spiro atoms. The summed E-state index contributed by atoms with van der Waals surface area (Å²) in [5.74, 6) is 0.803. The minimum Gasteiger partial charge on any atom is -0.328 e. The minimum absolute atomic E-state index is 0.0304. The predicted molar refractivity (Wildman–Crippen MR) is 125 cm³/mol. The number of hydrogen-bond donors (Lipinski definition) is 1. The fourth-order valence-electron chi connectivity index (χ4n) is 4.48. The fraction of sp³-hybridized carbons (Fsp3) is 0.261. The normalized spacial score (nSPS) is 19.0. The number of benzene rings is 2. The van der Waals surface area contributed by atoms with E-state index in [0.29, 0.717) is 45.8 Å². The molecule has 3 aromatic rings. The first-order chi connectivity index (χ1) is 15.6. The smallest absolute Gasteiger partial charge is 0.270 e. The van der Waals surface area contributed by atoms with Crippen molar-refractivity contribution in [2.45, 2.75) is 32.7 Å². The van der Waals surface area contributed by atoms with Crippen LogP contribution in [0.4, 0.5) is 11.6 Å². The quantitative estimate of drug-likeness (QED) is 0.371. The van der Waals surface area contributed by atoms with Crippen molar-refractivity contribution in [3.05, 3.63) is 79.5 Å². The average Bonchev–Trinajstić information content (AvgIpc) is 3.17. The number of rotatable bonds is 3. The van der Waals surface area contributed by atoms with Crippen LogP contribution in [0.1, 0.15) is 38.3 Å². The second-order valence-electron chi connectivity index (χ2n) is 9.05. The van der Waals surface area contributed by atoms with Gasteiger partial charge in [-0.15, -0.1) is 5.10 Å². The third-order valence-corrected chi connectivity index (χ3v) is 6.65. The topological polar surface area (TPSA) is 103 Å². The van der Waals surface area contributed by atoms with Crippen molar-refractivity contribution in [1.82, 2.24) is 14.8 Å². The molecule has 1 N–H and O–H groups in total. The van der Waals surface area contributed by atoms with Gasteiger partial charge in [0.25, 0.3) is 5.69 Å². The lowest BCUT2D eigenvalue weighted by Gasteiger charge is -2.38. The number of carbonyl (C=O) groups is 1. The van der Waals surface area contributed by atoms with Gasteiger partial charge in [-0.3, -0.25) is 14.9 Å². The summed E-state index contributed by atoms with van der Waals surface area (Å²) >= 11 is 12.4. The molecule has 1 aliphatic heterocycles. The number of halogens is 2. The molecule has 2 aromatic carbocycles. The van der Waals surface area contributed by atoms with Crippen molar-refractivity contribution in [3.63, 3.8) is 0 Å². The summed E-state index contributed by atoms with van der Waals surface area (Å²) in [6.07, 6.45) is 1.08. The number of anilines is 1. The number of nitrogens with zero attached hydrogens (tertiary/aromatic N) is 4. The summed E-state index contributed by atoms with van der Waals surface area (Å²) in [6, 6.07) is 10.8. The van der Waals surface area contributed by atoms with Crippen LogP contribution in [0.5, 0.6) is 0 Å². The van der Waals surface area contributed by atoms with Crippen LogP contribution in [0.2, 0.25) is 10.0 Å². The van der Waals surface area contributed by atoms with E-state index in [9.17, 15) is 14.9 Å². The molecular formula is C23H19Cl2N5O3. The number of nitrogens with one attached hydrogen (secondary N) is 1. The molecule has 2 heterocycles. The van der Waals surface area contributed by atoms with Gasteiger partial charge >= 0.3 is 0 Å². The van der Waals surface area contributed by atoms with Crippen LogP contribution >= 0.6 is 23.2 Å². The second kappa shape index (κ2) is 7.67. The lowest BCUT2D eigenvalue weighted by molar-refractivity contribution is -0.384. The van der Waals surface area contributed by atoms with Crippen molar-refractivity contribution < 1.29 is 9.72 Å². The predicted octanol–water partition coefficient (Wildman–Crippen LogP) is 5.82. The Morgan fingerprint density at radius 1 is 1.15 bits per heavy atom. The monoisotopic (exact) mass is 483 g/mol. The van der Waals surface area contributed by atoms with Crippen LogP contribution in [0.25, 0.3) is 11.4 Å². The zero-order valence-electron chi connectivity index (χ0n) is 17.8. The molecule has 0 radical (unpaired) electrons. The Hall–Kier alpha value is -3.23. The van der Waals surface area contributed by atoms with Crippen molar-refractivity contribution in [2.24, 2.45) is 5.41 Å². The summed E-state index contributed by atoms with van der Waals surface area (Å²) in [5, 5.41) is 20.0. The van der Waals surface area contributed by atoms with Crippen molar-refractivity contribution >= 4 is 40.6 Å². The molecule has 1 unspecified atom stereocenters. The van der Waals surface area contributed by atoms with E-state index in [0.717, 1.165) is 11.3 Å². The van der Waals surface area contributed by atoms with Gasteiger partial charge in [0.15, 0.2) is 11.6 Å². The molecule has 8 nitrogen and oxygen atoms in total. The highest BCUT2D eigenvalue weighted by molar-refractivity contribution is 6.42. The van der Waals surface area contributed by atoms with Gasteiger partial charge in [-0.25, -0.2) is 4.68 Å². The maximum atomic E-state index is 13.3. The lowest BCUT2D eigenvalue weighted by atomic mass is 9.73. The number of allylic oxidation sites excluding steroid dienone is 2. The third-order valence-electron chi connectivity index (χ3n) is 5.91. The highest BCUT2D eigenvalue weighted by atomic mass is 35.5. The Kier molecular flexibility index (Phi) is 5.02. The maximum absolute atomic E-state index is 13.3. The van der Waals surface area contributed by atoms with Gasteiger partial charge in [0.05, 0.1) is 15.0 Å². The van der Waals surface area contributed by atoms with Crippen LogP contribution in [0, 0.1) is 15.5 Å². The molecule has 0 saturated heterocycles. The van der Waals surface area contributed by atoms with Gasteiger partial charge in [-0.1, -0.05) is 55.2 Å². The van der Waals surface area contributed by atoms with Crippen LogP contribution in [0.15, 0.2) is 53.7 Å². The van der Waals surface area contributed by atoms with Crippen molar-refractivity contribution in [3.8, 4) is 11.4 Å². The first-order valence-corrected chi connectivity index (χ1v) is 11.1. The average molecular weight is 484 g/mol. The zero-order chi connectivity index (χ0) is 23.5. The highest BCUT2D eigenvalue weighted by Crippen LogP contribution is 2.46. The Morgan fingerprint density at radius 2 is 1.94 bits per heavy atom. The van der Waals surface area contributed by atoms with Crippen LogP contribution in [0.3, 0.4) is 0 Å². The standard InChI is InChI=1S/C23H19Cl2N5O3/c1-23(2)10-17-19(18(31)11-23)20(12-6-7-15(24)16(25)9-12)29-22(26-17)27-21(28-29)13-4-3-5-14(8-13)30(32)33/h3-9,20H,10-11H2,1-2H3,(H,26,27,28). The van der Waals surface area contributed by atoms with E-state index in [1.165, 1.54) is 12.1 Å². The maximum Gasteiger partial charge on any atom is 0.270 e. The van der Waals surface area contributed by atoms with Crippen LogP contribution in [-0.2, 0) is 4.79 Å². The van der Waals surface area contributed by atoms with Gasteiger partial charge in [0.2, 0.25) is 5.95 Å². The summed E-state index contributed by atoms with van der Waals surface area (Å²) in [7, 11) is 0. The molecule has 1 atom stereocenters. The van der Waals surface area contributed by atoms with Gasteiger partial charge < -0.3 is 5.32 Å². The number of nitro groups is 1. The highest BCUT2D eigenvalue weighted by Gasteiger charge is 2.42. The molecule has 0 fully saturated rings. The number of fused-ring (bicyclic) bond motifs is 1. The summed E-state index contributed by atoms with van der Waals surface area (Å²) in [6.45, 7) is 4.11. The minimum atomic E-state index is -0.547.